The number of carboxylic acid groups (broad SMARTS) is 1. The predicted molar refractivity (Wildman–Crippen MR) is 69.4 cm³/mol. The number of aliphatic carboxylic acids is 1. The van der Waals surface area contributed by atoms with E-state index in [0.29, 0.717) is 17.9 Å². The van der Waals surface area contributed by atoms with Gasteiger partial charge < -0.3 is 14.6 Å². The highest BCUT2D eigenvalue weighted by Crippen LogP contribution is 2.36. The van der Waals surface area contributed by atoms with Crippen molar-refractivity contribution in [1.29, 1.82) is 0 Å². The van der Waals surface area contributed by atoms with Crippen LogP contribution in [0.5, 0.6) is 11.5 Å². The summed E-state index contributed by atoms with van der Waals surface area (Å²) in [7, 11) is 3.13. The maximum Gasteiger partial charge on any atom is 0.309 e. The van der Waals surface area contributed by atoms with Gasteiger partial charge in [-0.2, -0.15) is 0 Å². The average Bonchev–Trinajstić information content (AvgIpc) is 2.27. The lowest BCUT2D eigenvalue weighted by Gasteiger charge is -2.22. The Morgan fingerprint density at radius 2 is 1.89 bits per heavy atom. The van der Waals surface area contributed by atoms with Crippen LogP contribution in [0.3, 0.4) is 0 Å². The molecule has 0 aromatic heterocycles. The largest absolute Gasteiger partial charge is 0.493 e. The number of benzene rings is 1. The molecule has 4 heteroatoms. The highest BCUT2D eigenvalue weighted by Gasteiger charge is 2.29. The van der Waals surface area contributed by atoms with E-state index in [9.17, 15) is 9.90 Å². The average molecular weight is 252 g/mol. The van der Waals surface area contributed by atoms with Gasteiger partial charge in [0.2, 0.25) is 0 Å². The molecule has 1 aromatic rings. The molecule has 1 rings (SSSR count). The summed E-state index contributed by atoms with van der Waals surface area (Å²) >= 11 is 0. The van der Waals surface area contributed by atoms with Gasteiger partial charge in [-0.15, -0.1) is 0 Å². The quantitative estimate of drug-likeness (QED) is 0.875. The molecule has 0 aliphatic rings. The zero-order valence-corrected chi connectivity index (χ0v) is 11.5. The first-order chi connectivity index (χ1) is 8.31. The summed E-state index contributed by atoms with van der Waals surface area (Å²) in [6.45, 7) is 5.34. The van der Waals surface area contributed by atoms with E-state index in [-0.39, 0.29) is 0 Å². The number of methoxy groups -OCH3 is 2. The predicted octanol–water partition coefficient (Wildman–Crippen LogP) is 2.67. The number of rotatable bonds is 5. The smallest absolute Gasteiger partial charge is 0.309 e. The second kappa shape index (κ2) is 5.29. The molecule has 0 fully saturated rings. The molecule has 4 nitrogen and oxygen atoms in total. The molecule has 18 heavy (non-hydrogen) atoms. The number of aryl methyl sites for hydroxylation is 1. The fourth-order valence-corrected chi connectivity index (χ4v) is 1.88. The highest BCUT2D eigenvalue weighted by atomic mass is 16.5. The SMILES string of the molecule is COc1cc(C)cc(CC(C)(C)C(=O)O)c1OC. The van der Waals surface area contributed by atoms with Crippen LogP contribution in [0.2, 0.25) is 0 Å². The van der Waals surface area contributed by atoms with Crippen LogP contribution in [-0.2, 0) is 11.2 Å². The summed E-state index contributed by atoms with van der Waals surface area (Å²) in [5.74, 6) is 0.413. The Bertz CT molecular complexity index is 449. The van der Waals surface area contributed by atoms with Gasteiger partial charge in [0.25, 0.3) is 0 Å². The number of ether oxygens (including phenoxy) is 2. The molecule has 0 saturated carbocycles. The van der Waals surface area contributed by atoms with Crippen molar-refractivity contribution in [3.05, 3.63) is 23.3 Å². The molecule has 0 aliphatic heterocycles. The second-order valence-corrected chi connectivity index (χ2v) is 5.03. The molecule has 1 aromatic carbocycles. The van der Waals surface area contributed by atoms with Crippen LogP contribution in [0, 0.1) is 12.3 Å². The lowest BCUT2D eigenvalue weighted by Crippen LogP contribution is -2.26. The fraction of sp³-hybridized carbons (Fsp3) is 0.500. The molecular formula is C14H20O4. The standard InChI is InChI=1S/C14H20O4/c1-9-6-10(8-14(2,3)13(15)16)12(18-5)11(7-9)17-4/h6-7H,8H2,1-5H3,(H,15,16). The van der Waals surface area contributed by atoms with Gasteiger partial charge in [-0.1, -0.05) is 6.07 Å². The summed E-state index contributed by atoms with van der Waals surface area (Å²) in [4.78, 5) is 11.2. The number of carbonyl (C=O) groups is 1. The van der Waals surface area contributed by atoms with Gasteiger partial charge in [0.1, 0.15) is 0 Å². The Morgan fingerprint density at radius 3 is 2.33 bits per heavy atom. The van der Waals surface area contributed by atoms with Gasteiger partial charge in [-0.25, -0.2) is 0 Å². The number of hydrogen-bond donors (Lipinski definition) is 1. The first-order valence-electron chi connectivity index (χ1n) is 5.76. The van der Waals surface area contributed by atoms with Crippen molar-refractivity contribution in [2.75, 3.05) is 14.2 Å². The third-order valence-corrected chi connectivity index (χ3v) is 2.91. The minimum absolute atomic E-state index is 0.392. The van der Waals surface area contributed by atoms with Gasteiger partial charge in [-0.3, -0.25) is 4.79 Å². The van der Waals surface area contributed by atoms with Gasteiger partial charge >= 0.3 is 5.97 Å². The van der Waals surface area contributed by atoms with Crippen LogP contribution in [-0.4, -0.2) is 25.3 Å². The van der Waals surface area contributed by atoms with Crippen molar-refractivity contribution in [2.45, 2.75) is 27.2 Å². The minimum Gasteiger partial charge on any atom is -0.493 e. The van der Waals surface area contributed by atoms with Gasteiger partial charge in [0.05, 0.1) is 19.6 Å². The van der Waals surface area contributed by atoms with Crippen molar-refractivity contribution < 1.29 is 19.4 Å². The molecule has 100 valence electrons. The molecule has 0 atom stereocenters. The maximum atomic E-state index is 11.2. The summed E-state index contributed by atoms with van der Waals surface area (Å²) in [5, 5.41) is 9.19. The Morgan fingerprint density at radius 1 is 1.28 bits per heavy atom. The number of carboxylic acids is 1. The zero-order chi connectivity index (χ0) is 13.9. The fourth-order valence-electron chi connectivity index (χ4n) is 1.88. The van der Waals surface area contributed by atoms with Crippen LogP contribution in [0.4, 0.5) is 0 Å². The van der Waals surface area contributed by atoms with E-state index in [0.717, 1.165) is 11.1 Å². The molecule has 0 aliphatic carbocycles. The van der Waals surface area contributed by atoms with Crippen LogP contribution in [0.25, 0.3) is 0 Å². The molecular weight excluding hydrogens is 232 g/mol. The first kappa shape index (κ1) is 14.4. The highest BCUT2D eigenvalue weighted by molar-refractivity contribution is 5.74. The monoisotopic (exact) mass is 252 g/mol. The van der Waals surface area contributed by atoms with Crippen molar-refractivity contribution >= 4 is 5.97 Å². The minimum atomic E-state index is -0.841. The molecule has 1 N–H and O–H groups in total. The number of hydrogen-bond acceptors (Lipinski definition) is 3. The molecule has 0 saturated heterocycles. The van der Waals surface area contributed by atoms with Gasteiger partial charge in [0.15, 0.2) is 11.5 Å². The molecule has 0 radical (unpaired) electrons. The summed E-state index contributed by atoms with van der Waals surface area (Å²) in [6.07, 6.45) is 0.392. The van der Waals surface area contributed by atoms with Gasteiger partial charge in [-0.05, 0) is 44.4 Å². The van der Waals surface area contributed by atoms with E-state index in [1.54, 1.807) is 28.1 Å². The Kier molecular flexibility index (Phi) is 4.22. The summed E-state index contributed by atoms with van der Waals surface area (Å²) in [6, 6.07) is 3.81. The Hall–Kier alpha value is -1.71. The van der Waals surface area contributed by atoms with Crippen LogP contribution >= 0.6 is 0 Å². The molecule has 0 spiro atoms. The second-order valence-electron chi connectivity index (χ2n) is 5.03. The van der Waals surface area contributed by atoms with Crippen molar-refractivity contribution in [3.8, 4) is 11.5 Å². The lowest BCUT2D eigenvalue weighted by molar-refractivity contribution is -0.146. The molecule has 0 bridgehead atoms. The van der Waals surface area contributed by atoms with E-state index in [2.05, 4.69) is 0 Å². The summed E-state index contributed by atoms with van der Waals surface area (Å²) in [5.41, 5.74) is 1.03. The van der Waals surface area contributed by atoms with Crippen molar-refractivity contribution in [2.24, 2.45) is 5.41 Å². The van der Waals surface area contributed by atoms with Gasteiger partial charge in [0, 0.05) is 0 Å². The molecule has 0 unspecified atom stereocenters. The third-order valence-electron chi connectivity index (χ3n) is 2.91. The zero-order valence-electron chi connectivity index (χ0n) is 11.5. The van der Waals surface area contributed by atoms with E-state index in [4.69, 9.17) is 9.47 Å². The molecule has 0 amide bonds. The summed E-state index contributed by atoms with van der Waals surface area (Å²) < 4.78 is 10.6. The Balaban J connectivity index is 3.23. The van der Waals surface area contributed by atoms with Crippen LogP contribution in [0.1, 0.15) is 25.0 Å². The topological polar surface area (TPSA) is 55.8 Å². The normalized spacial score (nSPS) is 11.2. The Labute approximate surface area is 108 Å². The lowest BCUT2D eigenvalue weighted by atomic mass is 9.85. The van der Waals surface area contributed by atoms with E-state index >= 15 is 0 Å². The third kappa shape index (κ3) is 2.94. The van der Waals surface area contributed by atoms with E-state index in [1.807, 2.05) is 19.1 Å². The van der Waals surface area contributed by atoms with Crippen molar-refractivity contribution in [1.82, 2.24) is 0 Å². The van der Waals surface area contributed by atoms with E-state index in [1.165, 1.54) is 0 Å². The maximum absolute atomic E-state index is 11.2. The van der Waals surface area contributed by atoms with E-state index < -0.39 is 11.4 Å². The van der Waals surface area contributed by atoms with Crippen molar-refractivity contribution in [3.63, 3.8) is 0 Å². The van der Waals surface area contributed by atoms with Crippen LogP contribution < -0.4 is 9.47 Å². The molecule has 0 heterocycles. The van der Waals surface area contributed by atoms with Crippen LogP contribution in [0.15, 0.2) is 12.1 Å². The first-order valence-corrected chi connectivity index (χ1v) is 5.76.